The molecule has 1 aromatic heterocycles. The van der Waals surface area contributed by atoms with E-state index in [2.05, 4.69) is 15.5 Å². The Labute approximate surface area is 157 Å². The predicted molar refractivity (Wildman–Crippen MR) is 106 cm³/mol. The SMILES string of the molecule is CCN(c1ccccc1)c1ccc(C(=O)Nc2ccc(C(C)=O)cc2)nn1. The Balaban J connectivity index is 1.72. The van der Waals surface area contributed by atoms with E-state index < -0.39 is 0 Å². The molecule has 0 fully saturated rings. The van der Waals surface area contributed by atoms with Crippen molar-refractivity contribution in [3.63, 3.8) is 0 Å². The molecule has 0 aliphatic rings. The van der Waals surface area contributed by atoms with E-state index in [0.29, 0.717) is 17.1 Å². The molecule has 0 radical (unpaired) electrons. The zero-order chi connectivity index (χ0) is 19.2. The number of carbonyl (C=O) groups is 2. The highest BCUT2D eigenvalue weighted by molar-refractivity contribution is 6.03. The minimum absolute atomic E-state index is 0.0202. The highest BCUT2D eigenvalue weighted by atomic mass is 16.2. The van der Waals surface area contributed by atoms with Gasteiger partial charge in [-0.2, -0.15) is 0 Å². The summed E-state index contributed by atoms with van der Waals surface area (Å²) < 4.78 is 0. The molecule has 6 nitrogen and oxygen atoms in total. The molecule has 1 N–H and O–H groups in total. The Hall–Kier alpha value is -3.54. The minimum atomic E-state index is -0.354. The first-order chi connectivity index (χ1) is 13.1. The van der Waals surface area contributed by atoms with Gasteiger partial charge in [-0.05, 0) is 62.4 Å². The van der Waals surface area contributed by atoms with E-state index >= 15 is 0 Å². The average molecular weight is 360 g/mol. The average Bonchev–Trinajstić information content (AvgIpc) is 2.70. The van der Waals surface area contributed by atoms with E-state index in [9.17, 15) is 9.59 Å². The lowest BCUT2D eigenvalue weighted by Crippen LogP contribution is -2.19. The molecule has 1 heterocycles. The zero-order valence-electron chi connectivity index (χ0n) is 15.2. The molecule has 136 valence electrons. The molecule has 2 aromatic carbocycles. The van der Waals surface area contributed by atoms with Gasteiger partial charge in [0.25, 0.3) is 5.91 Å². The third kappa shape index (κ3) is 4.36. The Kier molecular flexibility index (Phi) is 5.56. The highest BCUT2D eigenvalue weighted by Gasteiger charge is 2.12. The lowest BCUT2D eigenvalue weighted by atomic mass is 10.1. The van der Waals surface area contributed by atoms with Gasteiger partial charge in [0.2, 0.25) is 0 Å². The number of hydrogen-bond acceptors (Lipinski definition) is 5. The van der Waals surface area contributed by atoms with Crippen LogP contribution in [0.5, 0.6) is 0 Å². The normalized spacial score (nSPS) is 10.3. The second-order valence-electron chi connectivity index (χ2n) is 5.94. The van der Waals surface area contributed by atoms with Crippen LogP contribution < -0.4 is 10.2 Å². The summed E-state index contributed by atoms with van der Waals surface area (Å²) in [5.41, 5.74) is 2.42. The molecule has 27 heavy (non-hydrogen) atoms. The number of benzene rings is 2. The van der Waals surface area contributed by atoms with Gasteiger partial charge >= 0.3 is 0 Å². The van der Waals surface area contributed by atoms with Crippen LogP contribution in [0.25, 0.3) is 0 Å². The van der Waals surface area contributed by atoms with Crippen molar-refractivity contribution in [3.05, 3.63) is 78.0 Å². The van der Waals surface area contributed by atoms with Gasteiger partial charge in [0.05, 0.1) is 0 Å². The van der Waals surface area contributed by atoms with Crippen LogP contribution in [0.2, 0.25) is 0 Å². The van der Waals surface area contributed by atoms with Gasteiger partial charge in [-0.15, -0.1) is 10.2 Å². The summed E-state index contributed by atoms with van der Waals surface area (Å²) in [5.74, 6) is 0.298. The van der Waals surface area contributed by atoms with Gasteiger partial charge in [0.1, 0.15) is 0 Å². The molecule has 0 aliphatic carbocycles. The van der Waals surface area contributed by atoms with Crippen molar-refractivity contribution in [2.75, 3.05) is 16.8 Å². The molecule has 3 aromatic rings. The number of hydrogen-bond donors (Lipinski definition) is 1. The topological polar surface area (TPSA) is 75.2 Å². The van der Waals surface area contributed by atoms with Crippen LogP contribution in [0.15, 0.2) is 66.7 Å². The lowest BCUT2D eigenvalue weighted by Gasteiger charge is -2.21. The van der Waals surface area contributed by atoms with Crippen LogP contribution in [0.1, 0.15) is 34.7 Å². The summed E-state index contributed by atoms with van der Waals surface area (Å²) in [7, 11) is 0. The van der Waals surface area contributed by atoms with E-state index in [-0.39, 0.29) is 17.4 Å². The van der Waals surface area contributed by atoms with Crippen molar-refractivity contribution in [3.8, 4) is 0 Å². The number of ketones is 1. The molecule has 0 bridgehead atoms. The summed E-state index contributed by atoms with van der Waals surface area (Å²) in [4.78, 5) is 25.7. The maximum Gasteiger partial charge on any atom is 0.276 e. The molecular formula is C21H20N4O2. The number of carbonyl (C=O) groups excluding carboxylic acids is 2. The molecule has 0 atom stereocenters. The third-order valence-electron chi connectivity index (χ3n) is 4.09. The Bertz CT molecular complexity index is 923. The first-order valence-electron chi connectivity index (χ1n) is 8.67. The number of nitrogens with one attached hydrogen (secondary N) is 1. The smallest absolute Gasteiger partial charge is 0.276 e. The van der Waals surface area contributed by atoms with Crippen molar-refractivity contribution in [2.45, 2.75) is 13.8 Å². The van der Waals surface area contributed by atoms with Crippen LogP contribution in [-0.2, 0) is 0 Å². The standard InChI is InChI=1S/C21H20N4O2/c1-3-25(18-7-5-4-6-8-18)20-14-13-19(23-24-20)21(27)22-17-11-9-16(10-12-17)15(2)26/h4-14H,3H2,1-2H3,(H,22,27). The largest absolute Gasteiger partial charge is 0.325 e. The first kappa shape index (κ1) is 18.3. The van der Waals surface area contributed by atoms with E-state index in [0.717, 1.165) is 12.2 Å². The summed E-state index contributed by atoms with van der Waals surface area (Å²) in [6.07, 6.45) is 0. The summed E-state index contributed by atoms with van der Waals surface area (Å²) in [5, 5.41) is 11.0. The number of amides is 1. The Morgan fingerprint density at radius 3 is 2.19 bits per heavy atom. The zero-order valence-corrected chi connectivity index (χ0v) is 15.2. The number of aromatic nitrogens is 2. The lowest BCUT2D eigenvalue weighted by molar-refractivity contribution is 0.101. The van der Waals surface area contributed by atoms with Gasteiger partial charge in [-0.25, -0.2) is 0 Å². The highest BCUT2D eigenvalue weighted by Crippen LogP contribution is 2.22. The Morgan fingerprint density at radius 2 is 1.63 bits per heavy atom. The van der Waals surface area contributed by atoms with E-state index in [1.165, 1.54) is 6.92 Å². The fraction of sp³-hybridized carbons (Fsp3) is 0.143. The van der Waals surface area contributed by atoms with Gasteiger partial charge in [-0.3, -0.25) is 9.59 Å². The number of Topliss-reactive ketones (excluding diaryl/α,β-unsaturated/α-hetero) is 1. The van der Waals surface area contributed by atoms with Gasteiger partial charge in [0, 0.05) is 23.5 Å². The van der Waals surface area contributed by atoms with Crippen molar-refractivity contribution < 1.29 is 9.59 Å². The minimum Gasteiger partial charge on any atom is -0.325 e. The van der Waals surface area contributed by atoms with E-state index in [1.54, 1.807) is 36.4 Å². The second-order valence-corrected chi connectivity index (χ2v) is 5.94. The van der Waals surface area contributed by atoms with E-state index in [1.807, 2.05) is 42.2 Å². The number of nitrogens with zero attached hydrogens (tertiary/aromatic N) is 3. The van der Waals surface area contributed by atoms with Crippen molar-refractivity contribution >= 4 is 28.9 Å². The second kappa shape index (κ2) is 8.23. The number of anilines is 3. The van der Waals surface area contributed by atoms with Crippen molar-refractivity contribution in [1.82, 2.24) is 10.2 Å². The molecule has 3 rings (SSSR count). The third-order valence-corrected chi connectivity index (χ3v) is 4.09. The fourth-order valence-corrected chi connectivity index (χ4v) is 2.66. The maximum absolute atomic E-state index is 12.4. The van der Waals surface area contributed by atoms with Gasteiger partial charge < -0.3 is 10.2 Å². The molecule has 0 saturated carbocycles. The molecule has 0 aliphatic heterocycles. The van der Waals surface area contributed by atoms with E-state index in [4.69, 9.17) is 0 Å². The van der Waals surface area contributed by atoms with Gasteiger partial charge in [0.15, 0.2) is 17.3 Å². The Morgan fingerprint density at radius 1 is 0.926 bits per heavy atom. The molecule has 0 unspecified atom stereocenters. The maximum atomic E-state index is 12.4. The quantitative estimate of drug-likeness (QED) is 0.670. The monoisotopic (exact) mass is 360 g/mol. The summed E-state index contributed by atoms with van der Waals surface area (Å²) >= 11 is 0. The van der Waals surface area contributed by atoms with Gasteiger partial charge in [-0.1, -0.05) is 18.2 Å². The van der Waals surface area contributed by atoms with Crippen molar-refractivity contribution in [1.29, 1.82) is 0 Å². The molecule has 1 amide bonds. The molecule has 0 saturated heterocycles. The first-order valence-corrected chi connectivity index (χ1v) is 8.67. The summed E-state index contributed by atoms with van der Waals surface area (Å²) in [6.45, 7) is 4.26. The summed E-state index contributed by atoms with van der Waals surface area (Å²) in [6, 6.07) is 20.0. The van der Waals surface area contributed by atoms with Crippen LogP contribution in [0.3, 0.4) is 0 Å². The van der Waals surface area contributed by atoms with Crippen LogP contribution in [0.4, 0.5) is 17.2 Å². The van der Waals surface area contributed by atoms with Crippen LogP contribution in [0, 0.1) is 0 Å². The molecule has 6 heteroatoms. The van der Waals surface area contributed by atoms with Crippen LogP contribution in [-0.4, -0.2) is 28.4 Å². The number of para-hydroxylation sites is 1. The van der Waals surface area contributed by atoms with Crippen LogP contribution >= 0.6 is 0 Å². The molecular weight excluding hydrogens is 340 g/mol. The number of rotatable bonds is 6. The molecule has 0 spiro atoms. The predicted octanol–water partition coefficient (Wildman–Crippen LogP) is 4.09. The fourth-order valence-electron chi connectivity index (χ4n) is 2.66. The van der Waals surface area contributed by atoms with Crippen molar-refractivity contribution in [2.24, 2.45) is 0 Å².